The van der Waals surface area contributed by atoms with Gasteiger partial charge in [0, 0.05) is 31.6 Å². The van der Waals surface area contributed by atoms with Crippen LogP contribution < -0.4 is 0 Å². The number of hydrogen-bond acceptors (Lipinski definition) is 6. The molecule has 1 aromatic carbocycles. The smallest absolute Gasteiger partial charge is 0.258 e. The molecule has 0 bridgehead atoms. The number of nitrogens with zero attached hydrogens (tertiary/aromatic N) is 3. The molecule has 2 aromatic rings. The Morgan fingerprint density at radius 1 is 1.12 bits per heavy atom. The average Bonchev–Trinajstić information content (AvgIpc) is 3.08. The maximum absolute atomic E-state index is 12.6. The molecule has 1 aromatic heterocycles. The van der Waals surface area contributed by atoms with Crippen molar-refractivity contribution in [2.24, 2.45) is 5.41 Å². The summed E-state index contributed by atoms with van der Waals surface area (Å²) in [7, 11) is 0. The van der Waals surface area contributed by atoms with Gasteiger partial charge < -0.3 is 9.26 Å². The summed E-state index contributed by atoms with van der Waals surface area (Å²) in [6.07, 6.45) is 2.28. The van der Waals surface area contributed by atoms with E-state index in [4.69, 9.17) is 9.26 Å². The Labute approximate surface area is 151 Å². The summed E-state index contributed by atoms with van der Waals surface area (Å²) in [5.41, 5.74) is 1.64. The zero-order valence-electron chi connectivity index (χ0n) is 14.7. The van der Waals surface area contributed by atoms with E-state index in [-0.39, 0.29) is 23.8 Å². The van der Waals surface area contributed by atoms with Crippen LogP contribution in [0.25, 0.3) is 11.5 Å². The monoisotopic (exact) mass is 355 g/mol. The lowest BCUT2D eigenvalue weighted by atomic mass is 9.72. The molecule has 0 saturated carbocycles. The molecule has 0 aliphatic carbocycles. The van der Waals surface area contributed by atoms with Crippen molar-refractivity contribution in [2.45, 2.75) is 39.2 Å². The standard InChI is InChI=1S/C19H21N3O4/c1-13-4-2-3-5-14(13)18-20-15(21-26-18)12-22-16(23)10-19(11-17(22)24)6-8-25-9-7-19/h2-5H,6-12H2,1H3. The van der Waals surface area contributed by atoms with E-state index < -0.39 is 0 Å². The molecule has 3 heterocycles. The lowest BCUT2D eigenvalue weighted by molar-refractivity contribution is -0.157. The Kier molecular flexibility index (Phi) is 4.32. The van der Waals surface area contributed by atoms with Crippen molar-refractivity contribution in [3.8, 4) is 11.5 Å². The molecule has 26 heavy (non-hydrogen) atoms. The summed E-state index contributed by atoms with van der Waals surface area (Å²) >= 11 is 0. The van der Waals surface area contributed by atoms with E-state index in [0.717, 1.165) is 24.0 Å². The van der Waals surface area contributed by atoms with Gasteiger partial charge in [0.15, 0.2) is 5.82 Å². The van der Waals surface area contributed by atoms with E-state index >= 15 is 0 Å². The van der Waals surface area contributed by atoms with E-state index in [9.17, 15) is 9.59 Å². The predicted octanol–water partition coefficient (Wildman–Crippen LogP) is 2.49. The summed E-state index contributed by atoms with van der Waals surface area (Å²) in [4.78, 5) is 30.8. The third-order valence-electron chi connectivity index (χ3n) is 5.35. The molecule has 2 fully saturated rings. The van der Waals surface area contributed by atoms with Crippen LogP contribution >= 0.6 is 0 Å². The second kappa shape index (κ2) is 6.64. The van der Waals surface area contributed by atoms with Crippen LogP contribution in [0.15, 0.2) is 28.8 Å². The lowest BCUT2D eigenvalue weighted by Crippen LogP contribution is -2.49. The van der Waals surface area contributed by atoms with Crippen LogP contribution in [0, 0.1) is 12.3 Å². The number of amides is 2. The van der Waals surface area contributed by atoms with Gasteiger partial charge in [-0.05, 0) is 36.8 Å². The molecular formula is C19H21N3O4. The van der Waals surface area contributed by atoms with Crippen LogP contribution in [0.5, 0.6) is 0 Å². The Morgan fingerprint density at radius 2 is 1.81 bits per heavy atom. The van der Waals surface area contributed by atoms with Gasteiger partial charge in [0.2, 0.25) is 11.8 Å². The first-order valence-electron chi connectivity index (χ1n) is 8.86. The summed E-state index contributed by atoms with van der Waals surface area (Å²) < 4.78 is 10.7. The van der Waals surface area contributed by atoms with Crippen molar-refractivity contribution in [1.82, 2.24) is 15.0 Å². The zero-order valence-corrected chi connectivity index (χ0v) is 14.7. The average molecular weight is 355 g/mol. The summed E-state index contributed by atoms with van der Waals surface area (Å²) in [5, 5.41) is 3.95. The van der Waals surface area contributed by atoms with Crippen LogP contribution in [-0.4, -0.2) is 40.1 Å². The van der Waals surface area contributed by atoms with Crippen LogP contribution in [0.3, 0.4) is 0 Å². The van der Waals surface area contributed by atoms with Crippen molar-refractivity contribution < 1.29 is 18.8 Å². The molecule has 2 amide bonds. The van der Waals surface area contributed by atoms with Gasteiger partial charge in [-0.15, -0.1) is 0 Å². The number of hydrogen-bond donors (Lipinski definition) is 0. The highest BCUT2D eigenvalue weighted by Gasteiger charge is 2.44. The number of benzene rings is 1. The highest BCUT2D eigenvalue weighted by Crippen LogP contribution is 2.41. The molecule has 7 heteroatoms. The number of likely N-dealkylation sites (tertiary alicyclic amines) is 1. The third-order valence-corrected chi connectivity index (χ3v) is 5.35. The Bertz CT molecular complexity index is 819. The SMILES string of the molecule is Cc1ccccc1-c1nc(CN2C(=O)CC3(CCOCC3)CC2=O)no1. The van der Waals surface area contributed by atoms with Crippen molar-refractivity contribution in [2.75, 3.05) is 13.2 Å². The minimum Gasteiger partial charge on any atom is -0.381 e. The van der Waals surface area contributed by atoms with Crippen molar-refractivity contribution in [1.29, 1.82) is 0 Å². The molecule has 1 spiro atoms. The molecule has 0 atom stereocenters. The fourth-order valence-corrected chi connectivity index (χ4v) is 3.75. The molecular weight excluding hydrogens is 334 g/mol. The molecule has 4 rings (SSSR count). The number of ether oxygens (including phenoxy) is 1. The second-order valence-electron chi connectivity index (χ2n) is 7.17. The van der Waals surface area contributed by atoms with Crippen LogP contribution in [0.1, 0.15) is 37.1 Å². The largest absolute Gasteiger partial charge is 0.381 e. The normalized spacial score (nSPS) is 20.0. The van der Waals surface area contributed by atoms with Crippen molar-refractivity contribution >= 4 is 11.8 Å². The number of carbonyl (C=O) groups excluding carboxylic acids is 2. The van der Waals surface area contributed by atoms with E-state index in [1.54, 1.807) is 0 Å². The predicted molar refractivity (Wildman–Crippen MR) is 91.7 cm³/mol. The third kappa shape index (κ3) is 3.14. The zero-order chi connectivity index (χ0) is 18.1. The molecule has 0 unspecified atom stereocenters. The van der Waals surface area contributed by atoms with Gasteiger partial charge in [-0.2, -0.15) is 4.98 Å². The highest BCUT2D eigenvalue weighted by atomic mass is 16.5. The van der Waals surface area contributed by atoms with E-state index in [2.05, 4.69) is 10.1 Å². The van der Waals surface area contributed by atoms with Crippen molar-refractivity contribution in [3.05, 3.63) is 35.7 Å². The topological polar surface area (TPSA) is 85.5 Å². The minimum absolute atomic E-state index is 0.0552. The molecule has 0 N–H and O–H groups in total. The van der Waals surface area contributed by atoms with Crippen LogP contribution in [0.4, 0.5) is 0 Å². The van der Waals surface area contributed by atoms with Gasteiger partial charge in [0.25, 0.3) is 5.89 Å². The molecule has 0 radical (unpaired) electrons. The first-order valence-corrected chi connectivity index (χ1v) is 8.86. The molecule has 2 aliphatic heterocycles. The number of imide groups is 1. The fourth-order valence-electron chi connectivity index (χ4n) is 3.75. The minimum atomic E-state index is -0.230. The fraction of sp³-hybridized carbons (Fsp3) is 0.474. The van der Waals surface area contributed by atoms with Crippen LogP contribution in [-0.2, 0) is 20.9 Å². The van der Waals surface area contributed by atoms with Gasteiger partial charge in [0.05, 0.1) is 6.54 Å². The van der Waals surface area contributed by atoms with Gasteiger partial charge in [-0.1, -0.05) is 23.4 Å². The second-order valence-corrected chi connectivity index (χ2v) is 7.17. The Hall–Kier alpha value is -2.54. The van der Waals surface area contributed by atoms with E-state index in [1.807, 2.05) is 31.2 Å². The number of carbonyl (C=O) groups is 2. The van der Waals surface area contributed by atoms with E-state index in [1.165, 1.54) is 4.90 Å². The Balaban J connectivity index is 1.49. The molecule has 2 saturated heterocycles. The highest BCUT2D eigenvalue weighted by molar-refractivity contribution is 5.98. The number of rotatable bonds is 3. The van der Waals surface area contributed by atoms with Gasteiger partial charge >= 0.3 is 0 Å². The number of piperidine rings is 1. The summed E-state index contributed by atoms with van der Waals surface area (Å²) in [6.45, 7) is 3.25. The number of aromatic nitrogens is 2. The maximum atomic E-state index is 12.6. The first-order chi connectivity index (χ1) is 12.6. The quantitative estimate of drug-likeness (QED) is 0.787. The van der Waals surface area contributed by atoms with Crippen LogP contribution in [0.2, 0.25) is 0 Å². The Morgan fingerprint density at radius 3 is 2.50 bits per heavy atom. The van der Waals surface area contributed by atoms with Crippen molar-refractivity contribution in [3.63, 3.8) is 0 Å². The first kappa shape index (κ1) is 16.9. The van der Waals surface area contributed by atoms with Gasteiger partial charge in [0.1, 0.15) is 0 Å². The maximum Gasteiger partial charge on any atom is 0.258 e. The van der Waals surface area contributed by atoms with Gasteiger partial charge in [-0.3, -0.25) is 14.5 Å². The molecule has 7 nitrogen and oxygen atoms in total. The lowest BCUT2D eigenvalue weighted by Gasteiger charge is -2.41. The summed E-state index contributed by atoms with van der Waals surface area (Å²) in [5.74, 6) is 0.416. The molecule has 136 valence electrons. The molecule has 2 aliphatic rings. The van der Waals surface area contributed by atoms with E-state index in [0.29, 0.717) is 37.8 Å². The summed E-state index contributed by atoms with van der Waals surface area (Å²) in [6, 6.07) is 7.70. The number of aryl methyl sites for hydroxylation is 1. The van der Waals surface area contributed by atoms with Gasteiger partial charge in [-0.25, -0.2) is 0 Å².